The predicted octanol–water partition coefficient (Wildman–Crippen LogP) is 3.90. The first-order chi connectivity index (χ1) is 10.0. The maximum absolute atomic E-state index is 5.86. The number of hydrogen-bond acceptors (Lipinski definition) is 5. The normalized spacial score (nSPS) is 12.5. The van der Waals surface area contributed by atoms with Crippen LogP contribution in [0.5, 0.6) is 0 Å². The quantitative estimate of drug-likeness (QED) is 0.535. The van der Waals surface area contributed by atoms with E-state index in [2.05, 4.69) is 36.1 Å². The molecule has 0 fully saturated rings. The van der Waals surface area contributed by atoms with E-state index >= 15 is 0 Å². The number of para-hydroxylation sites is 1. The molecule has 4 aromatic rings. The first-order valence-electron chi connectivity index (χ1n) is 6.74. The number of fused-ring (bicyclic) bond motifs is 2. The van der Waals surface area contributed by atoms with Gasteiger partial charge in [-0.25, -0.2) is 0 Å². The molecule has 4 rings (SSSR count). The summed E-state index contributed by atoms with van der Waals surface area (Å²) in [5.74, 6) is 1.63. The topological polar surface area (TPSA) is 56.2 Å². The summed E-state index contributed by atoms with van der Waals surface area (Å²) in [4.78, 5) is 0.787. The summed E-state index contributed by atoms with van der Waals surface area (Å²) in [5.41, 5.74) is 0.771. The number of hydrogen-bond donors (Lipinski definition) is 0. The minimum Gasteiger partial charge on any atom is -0.453 e. The van der Waals surface area contributed by atoms with E-state index in [0.717, 1.165) is 32.5 Å². The van der Waals surface area contributed by atoms with E-state index in [0.29, 0.717) is 0 Å². The Labute approximate surface area is 125 Å². The summed E-state index contributed by atoms with van der Waals surface area (Å²) in [6.07, 6.45) is 0. The van der Waals surface area contributed by atoms with Gasteiger partial charge < -0.3 is 4.42 Å². The van der Waals surface area contributed by atoms with Gasteiger partial charge in [-0.2, -0.15) is 4.52 Å². The first-order valence-corrected chi connectivity index (χ1v) is 7.56. The first kappa shape index (κ1) is 12.5. The van der Waals surface area contributed by atoms with Crippen molar-refractivity contribution in [3.05, 3.63) is 36.2 Å². The molecule has 6 heteroatoms. The van der Waals surface area contributed by atoms with E-state index in [9.17, 15) is 0 Å². The Kier molecular flexibility index (Phi) is 2.47. The molecule has 0 unspecified atom stereocenters. The van der Waals surface area contributed by atoms with Crippen molar-refractivity contribution in [2.45, 2.75) is 26.2 Å². The molecule has 0 aliphatic heterocycles. The van der Waals surface area contributed by atoms with Gasteiger partial charge in [-0.1, -0.05) is 50.3 Å². The molecule has 5 nitrogen and oxygen atoms in total. The minimum atomic E-state index is -0.0986. The minimum absolute atomic E-state index is 0.0986. The second-order valence-corrected chi connectivity index (χ2v) is 6.98. The molecular formula is C15H14N4OS. The third-order valence-electron chi connectivity index (χ3n) is 3.30. The van der Waals surface area contributed by atoms with Gasteiger partial charge in [-0.3, -0.25) is 0 Å². The number of furan rings is 1. The average molecular weight is 298 g/mol. The largest absolute Gasteiger partial charge is 0.453 e. The van der Waals surface area contributed by atoms with Crippen LogP contribution >= 0.6 is 11.3 Å². The van der Waals surface area contributed by atoms with Crippen molar-refractivity contribution in [3.8, 4) is 10.8 Å². The molecule has 3 aromatic heterocycles. The fraction of sp³-hybridized carbons (Fsp3) is 0.267. The Balaban J connectivity index is 1.89. The summed E-state index contributed by atoms with van der Waals surface area (Å²) in [6.45, 7) is 6.30. The molecule has 0 saturated heterocycles. The van der Waals surface area contributed by atoms with Crippen LogP contribution in [0.2, 0.25) is 0 Å². The molecule has 0 radical (unpaired) electrons. The lowest BCUT2D eigenvalue weighted by atomic mass is 9.96. The van der Waals surface area contributed by atoms with Crippen LogP contribution in [0, 0.1) is 0 Å². The highest BCUT2D eigenvalue weighted by Crippen LogP contribution is 2.32. The second kappa shape index (κ2) is 4.14. The molecule has 3 heterocycles. The van der Waals surface area contributed by atoms with Crippen molar-refractivity contribution in [1.29, 1.82) is 0 Å². The summed E-state index contributed by atoms with van der Waals surface area (Å²) >= 11 is 1.49. The van der Waals surface area contributed by atoms with Crippen LogP contribution < -0.4 is 0 Å². The Morgan fingerprint density at radius 3 is 2.71 bits per heavy atom. The van der Waals surface area contributed by atoms with Crippen LogP contribution in [-0.4, -0.2) is 19.8 Å². The monoisotopic (exact) mass is 298 g/mol. The molecule has 0 N–H and O–H groups in total. The standard InChI is InChI=1S/C15H14N4OS/c1-15(2,3)13-16-17-14-19(13)18-12(21-14)11-8-9-6-4-5-7-10(9)20-11/h4-8H,1-3H3. The van der Waals surface area contributed by atoms with Gasteiger partial charge in [0.2, 0.25) is 4.96 Å². The number of benzene rings is 1. The third-order valence-corrected chi connectivity index (χ3v) is 4.21. The molecular weight excluding hydrogens is 284 g/mol. The number of rotatable bonds is 1. The highest BCUT2D eigenvalue weighted by molar-refractivity contribution is 7.19. The fourth-order valence-electron chi connectivity index (χ4n) is 2.27. The summed E-state index contributed by atoms with van der Waals surface area (Å²) in [5, 5.41) is 15.0. The SMILES string of the molecule is CC(C)(C)c1nnc2sc(-c3cc4ccccc4o3)nn12. The van der Waals surface area contributed by atoms with E-state index in [1.807, 2.05) is 34.8 Å². The highest BCUT2D eigenvalue weighted by atomic mass is 32.1. The summed E-state index contributed by atoms with van der Waals surface area (Å²) in [6, 6.07) is 9.96. The van der Waals surface area contributed by atoms with Gasteiger partial charge in [0.15, 0.2) is 16.6 Å². The van der Waals surface area contributed by atoms with Crippen LogP contribution in [0.4, 0.5) is 0 Å². The lowest BCUT2D eigenvalue weighted by Gasteiger charge is -2.13. The lowest BCUT2D eigenvalue weighted by Crippen LogP contribution is -2.16. The van der Waals surface area contributed by atoms with E-state index in [-0.39, 0.29) is 5.41 Å². The average Bonchev–Trinajstić information content (AvgIpc) is 3.09. The molecule has 0 spiro atoms. The van der Waals surface area contributed by atoms with Gasteiger partial charge in [0, 0.05) is 10.8 Å². The zero-order chi connectivity index (χ0) is 14.6. The van der Waals surface area contributed by atoms with Crippen LogP contribution in [0.25, 0.3) is 26.7 Å². The lowest BCUT2D eigenvalue weighted by molar-refractivity contribution is 0.527. The molecule has 106 valence electrons. The maximum Gasteiger partial charge on any atom is 0.235 e. The Hall–Kier alpha value is -2.21. The zero-order valence-corrected chi connectivity index (χ0v) is 12.8. The highest BCUT2D eigenvalue weighted by Gasteiger charge is 2.24. The molecule has 0 aliphatic rings. The van der Waals surface area contributed by atoms with E-state index in [4.69, 9.17) is 4.42 Å². The molecule has 0 bridgehead atoms. The number of aromatic nitrogens is 4. The summed E-state index contributed by atoms with van der Waals surface area (Å²) < 4.78 is 7.68. The Bertz CT molecular complexity index is 908. The van der Waals surface area contributed by atoms with Crippen molar-refractivity contribution in [3.63, 3.8) is 0 Å². The van der Waals surface area contributed by atoms with E-state index in [1.165, 1.54) is 11.3 Å². The van der Waals surface area contributed by atoms with Crippen molar-refractivity contribution >= 4 is 27.3 Å². The van der Waals surface area contributed by atoms with Gasteiger partial charge in [0.05, 0.1) is 0 Å². The summed E-state index contributed by atoms with van der Waals surface area (Å²) in [7, 11) is 0. The van der Waals surface area contributed by atoms with Gasteiger partial charge in [0.1, 0.15) is 5.58 Å². The molecule has 0 atom stereocenters. The molecule has 0 aliphatic carbocycles. The van der Waals surface area contributed by atoms with Gasteiger partial charge in [-0.15, -0.1) is 15.3 Å². The van der Waals surface area contributed by atoms with Crippen LogP contribution in [0.3, 0.4) is 0 Å². The number of nitrogens with zero attached hydrogens (tertiary/aromatic N) is 4. The Morgan fingerprint density at radius 2 is 1.95 bits per heavy atom. The van der Waals surface area contributed by atoms with E-state index in [1.54, 1.807) is 0 Å². The van der Waals surface area contributed by atoms with Gasteiger partial charge in [0.25, 0.3) is 0 Å². The Morgan fingerprint density at radius 1 is 1.14 bits per heavy atom. The van der Waals surface area contributed by atoms with Crippen LogP contribution in [0.1, 0.15) is 26.6 Å². The maximum atomic E-state index is 5.86. The van der Waals surface area contributed by atoms with Gasteiger partial charge >= 0.3 is 0 Å². The molecule has 21 heavy (non-hydrogen) atoms. The van der Waals surface area contributed by atoms with E-state index < -0.39 is 0 Å². The van der Waals surface area contributed by atoms with Crippen molar-refractivity contribution in [1.82, 2.24) is 19.8 Å². The molecule has 0 amide bonds. The molecule has 0 saturated carbocycles. The van der Waals surface area contributed by atoms with Crippen LogP contribution in [0.15, 0.2) is 34.7 Å². The zero-order valence-electron chi connectivity index (χ0n) is 12.0. The van der Waals surface area contributed by atoms with Gasteiger partial charge in [-0.05, 0) is 12.1 Å². The fourth-order valence-corrected chi connectivity index (χ4v) is 3.06. The molecule has 1 aromatic carbocycles. The smallest absolute Gasteiger partial charge is 0.235 e. The second-order valence-electron chi connectivity index (χ2n) is 6.02. The van der Waals surface area contributed by atoms with Crippen molar-refractivity contribution in [2.24, 2.45) is 0 Å². The van der Waals surface area contributed by atoms with Crippen molar-refractivity contribution < 1.29 is 4.42 Å². The van der Waals surface area contributed by atoms with Crippen LogP contribution in [-0.2, 0) is 5.41 Å². The predicted molar refractivity (Wildman–Crippen MR) is 82.6 cm³/mol. The van der Waals surface area contributed by atoms with Crippen molar-refractivity contribution in [2.75, 3.05) is 0 Å². The third kappa shape index (κ3) is 1.94.